The van der Waals surface area contributed by atoms with E-state index in [0.717, 1.165) is 50.0 Å². The van der Waals surface area contributed by atoms with Crippen LogP contribution in [0.2, 0.25) is 0 Å². The van der Waals surface area contributed by atoms with Crippen LogP contribution in [0.3, 0.4) is 0 Å². The smallest absolute Gasteiger partial charge is 0.229 e. The lowest BCUT2D eigenvalue weighted by Crippen LogP contribution is -2.33. The predicted molar refractivity (Wildman–Crippen MR) is 111 cm³/mol. The maximum Gasteiger partial charge on any atom is 0.229 e. The number of carbonyl (C=O) groups excluding carboxylic acids is 1. The zero-order valence-corrected chi connectivity index (χ0v) is 16.7. The van der Waals surface area contributed by atoms with Gasteiger partial charge < -0.3 is 10.4 Å². The molecule has 2 N–H and O–H groups in total. The van der Waals surface area contributed by atoms with Crippen LogP contribution in [0, 0.1) is 0 Å². The van der Waals surface area contributed by atoms with Crippen molar-refractivity contribution in [2.24, 2.45) is 0 Å². The van der Waals surface area contributed by atoms with Crippen molar-refractivity contribution in [3.05, 3.63) is 65.5 Å². The molecule has 28 heavy (non-hydrogen) atoms. The van der Waals surface area contributed by atoms with E-state index in [2.05, 4.69) is 34.3 Å². The van der Waals surface area contributed by atoms with Gasteiger partial charge in [-0.25, -0.2) is 0 Å². The molecule has 1 aliphatic rings. The molecular formula is C23H31N3O2. The van der Waals surface area contributed by atoms with Gasteiger partial charge in [0.25, 0.3) is 0 Å². The molecular weight excluding hydrogens is 350 g/mol. The van der Waals surface area contributed by atoms with E-state index >= 15 is 0 Å². The highest BCUT2D eigenvalue weighted by molar-refractivity contribution is 5.83. The molecule has 150 valence electrons. The number of aliphatic hydroxyl groups excluding tert-OH is 1. The number of nitrogens with one attached hydrogen (secondary N) is 1. The fraction of sp³-hybridized carbons (Fsp3) is 0.478. The molecule has 2 atom stereocenters. The van der Waals surface area contributed by atoms with Crippen molar-refractivity contribution in [2.45, 2.75) is 57.7 Å². The van der Waals surface area contributed by atoms with Crippen LogP contribution in [0.5, 0.6) is 0 Å². The maximum atomic E-state index is 12.9. The topological polar surface area (TPSA) is 65.5 Å². The quantitative estimate of drug-likeness (QED) is 0.700. The summed E-state index contributed by atoms with van der Waals surface area (Å²) in [5, 5.41) is 12.7. The van der Waals surface area contributed by atoms with Crippen LogP contribution in [0.25, 0.3) is 0 Å². The summed E-state index contributed by atoms with van der Waals surface area (Å²) in [6, 6.07) is 14.2. The Kier molecular flexibility index (Phi) is 7.57. The number of hydrogen-bond acceptors (Lipinski definition) is 4. The fourth-order valence-corrected chi connectivity index (χ4v) is 4.00. The number of amides is 1. The van der Waals surface area contributed by atoms with Gasteiger partial charge in [-0.05, 0) is 49.1 Å². The first-order valence-corrected chi connectivity index (χ1v) is 10.3. The third-order valence-corrected chi connectivity index (χ3v) is 5.59. The average molecular weight is 382 g/mol. The van der Waals surface area contributed by atoms with Crippen LogP contribution in [-0.4, -0.2) is 40.1 Å². The van der Waals surface area contributed by atoms with Gasteiger partial charge in [-0.2, -0.15) is 0 Å². The number of carbonyl (C=O) groups is 1. The van der Waals surface area contributed by atoms with Crippen molar-refractivity contribution in [3.8, 4) is 0 Å². The Labute approximate surface area is 167 Å². The number of benzene rings is 1. The minimum atomic E-state index is -0.212. The summed E-state index contributed by atoms with van der Waals surface area (Å²) in [4.78, 5) is 19.6. The second-order valence-electron chi connectivity index (χ2n) is 7.53. The number of hydrogen-bond donors (Lipinski definition) is 2. The van der Waals surface area contributed by atoms with Gasteiger partial charge in [-0.3, -0.25) is 14.7 Å². The normalized spacial score (nSPS) is 18.1. The molecule has 0 radical (unpaired) electrons. The Balaban J connectivity index is 1.66. The van der Waals surface area contributed by atoms with E-state index in [1.165, 1.54) is 5.56 Å². The molecule has 5 heteroatoms. The molecule has 0 saturated carbocycles. The van der Waals surface area contributed by atoms with Crippen molar-refractivity contribution in [1.29, 1.82) is 0 Å². The van der Waals surface area contributed by atoms with Gasteiger partial charge in [-0.1, -0.05) is 43.7 Å². The summed E-state index contributed by atoms with van der Waals surface area (Å²) in [5.41, 5.74) is 3.18. The summed E-state index contributed by atoms with van der Waals surface area (Å²) in [6.45, 7) is 4.65. The van der Waals surface area contributed by atoms with Gasteiger partial charge in [0.1, 0.15) is 0 Å². The van der Waals surface area contributed by atoms with E-state index in [4.69, 9.17) is 0 Å². The molecule has 5 nitrogen and oxygen atoms in total. The summed E-state index contributed by atoms with van der Waals surface area (Å²) in [7, 11) is 0. The monoisotopic (exact) mass is 381 g/mol. The van der Waals surface area contributed by atoms with Crippen molar-refractivity contribution in [3.63, 3.8) is 0 Å². The Hall–Kier alpha value is -2.24. The lowest BCUT2D eigenvalue weighted by atomic mass is 9.97. The number of nitrogens with zero attached hydrogens (tertiary/aromatic N) is 2. The maximum absolute atomic E-state index is 12.9. The standard InChI is InChI=1S/C23H31N3O2/c1-2-8-21(22-12-5-6-13-24-22)23(28)25-15-18-9-3-4-10-19(18)16-26-14-7-11-20(26)17-27/h3-6,9-10,12-13,20-21,27H,2,7-8,11,14-17H2,1H3,(H,25,28). The van der Waals surface area contributed by atoms with Crippen molar-refractivity contribution in [2.75, 3.05) is 13.2 Å². The van der Waals surface area contributed by atoms with Gasteiger partial charge in [0.15, 0.2) is 0 Å². The minimum Gasteiger partial charge on any atom is -0.395 e. The molecule has 1 aromatic heterocycles. The predicted octanol–water partition coefficient (Wildman–Crippen LogP) is 3.24. The first-order valence-electron chi connectivity index (χ1n) is 10.3. The molecule has 2 aromatic rings. The molecule has 1 aliphatic heterocycles. The van der Waals surface area contributed by atoms with Gasteiger partial charge in [0.2, 0.25) is 5.91 Å². The van der Waals surface area contributed by atoms with E-state index in [-0.39, 0.29) is 24.5 Å². The molecule has 0 aliphatic carbocycles. The van der Waals surface area contributed by atoms with Crippen LogP contribution in [-0.2, 0) is 17.9 Å². The lowest BCUT2D eigenvalue weighted by Gasteiger charge is -2.24. The number of aromatic nitrogens is 1. The first-order chi connectivity index (χ1) is 13.7. The Morgan fingerprint density at radius 1 is 1.25 bits per heavy atom. The van der Waals surface area contributed by atoms with Crippen molar-refractivity contribution in [1.82, 2.24) is 15.2 Å². The Morgan fingerprint density at radius 3 is 2.75 bits per heavy atom. The van der Waals surface area contributed by atoms with Gasteiger partial charge >= 0.3 is 0 Å². The highest BCUT2D eigenvalue weighted by atomic mass is 16.3. The van der Waals surface area contributed by atoms with Gasteiger partial charge in [-0.15, -0.1) is 0 Å². The molecule has 0 bridgehead atoms. The highest BCUT2D eigenvalue weighted by Gasteiger charge is 2.25. The van der Waals surface area contributed by atoms with Crippen molar-refractivity contribution < 1.29 is 9.90 Å². The highest BCUT2D eigenvalue weighted by Crippen LogP contribution is 2.22. The van der Waals surface area contributed by atoms with Crippen LogP contribution in [0.15, 0.2) is 48.7 Å². The average Bonchev–Trinajstić information content (AvgIpc) is 3.19. The van der Waals surface area contributed by atoms with Crippen LogP contribution in [0.4, 0.5) is 0 Å². The fourth-order valence-electron chi connectivity index (χ4n) is 4.00. The summed E-state index contributed by atoms with van der Waals surface area (Å²) < 4.78 is 0. The zero-order chi connectivity index (χ0) is 19.8. The number of likely N-dealkylation sites (tertiary alicyclic amines) is 1. The number of aliphatic hydroxyl groups is 1. The van der Waals surface area contributed by atoms with E-state index in [1.54, 1.807) is 6.20 Å². The third-order valence-electron chi connectivity index (χ3n) is 5.59. The van der Waals surface area contributed by atoms with Crippen LogP contribution >= 0.6 is 0 Å². The summed E-state index contributed by atoms with van der Waals surface area (Å²) in [5.74, 6) is -0.180. The number of pyridine rings is 1. The molecule has 2 heterocycles. The third kappa shape index (κ3) is 5.18. The minimum absolute atomic E-state index is 0.0322. The Morgan fingerprint density at radius 2 is 2.04 bits per heavy atom. The number of rotatable bonds is 9. The van der Waals surface area contributed by atoms with Crippen LogP contribution in [0.1, 0.15) is 55.3 Å². The molecule has 1 aromatic carbocycles. The van der Waals surface area contributed by atoms with E-state index in [0.29, 0.717) is 6.54 Å². The van der Waals surface area contributed by atoms with E-state index in [9.17, 15) is 9.90 Å². The summed E-state index contributed by atoms with van der Waals surface area (Å²) in [6.07, 6.45) is 5.65. The summed E-state index contributed by atoms with van der Waals surface area (Å²) >= 11 is 0. The SMILES string of the molecule is CCCC(C(=O)NCc1ccccc1CN1CCCC1CO)c1ccccn1. The molecule has 1 amide bonds. The first kappa shape index (κ1) is 20.5. The van der Waals surface area contributed by atoms with E-state index in [1.807, 2.05) is 30.3 Å². The Bertz CT molecular complexity index is 751. The lowest BCUT2D eigenvalue weighted by molar-refractivity contribution is -0.123. The van der Waals surface area contributed by atoms with Crippen molar-refractivity contribution >= 4 is 5.91 Å². The largest absolute Gasteiger partial charge is 0.395 e. The van der Waals surface area contributed by atoms with Crippen LogP contribution < -0.4 is 5.32 Å². The molecule has 3 rings (SSSR count). The zero-order valence-electron chi connectivity index (χ0n) is 16.7. The molecule has 1 saturated heterocycles. The molecule has 2 unspecified atom stereocenters. The second kappa shape index (κ2) is 10.3. The van der Waals surface area contributed by atoms with Gasteiger partial charge in [0.05, 0.1) is 18.2 Å². The van der Waals surface area contributed by atoms with Gasteiger partial charge in [0, 0.05) is 25.3 Å². The van der Waals surface area contributed by atoms with E-state index < -0.39 is 0 Å². The molecule has 0 spiro atoms. The second-order valence-corrected chi connectivity index (χ2v) is 7.53. The molecule has 1 fully saturated rings.